The lowest BCUT2D eigenvalue weighted by Gasteiger charge is -2.20. The van der Waals surface area contributed by atoms with Gasteiger partial charge in [-0.25, -0.2) is 8.42 Å². The maximum Gasteiger partial charge on any atom is 0.258 e. The molecule has 2 aromatic rings. The topological polar surface area (TPSA) is 75.7 Å². The second-order valence-electron chi connectivity index (χ2n) is 6.84. The number of benzene rings is 2. The van der Waals surface area contributed by atoms with Gasteiger partial charge in [0.2, 0.25) is 10.0 Å². The van der Waals surface area contributed by atoms with Gasteiger partial charge in [0, 0.05) is 19.6 Å². The summed E-state index contributed by atoms with van der Waals surface area (Å²) in [6, 6.07) is 15.9. The van der Waals surface area contributed by atoms with Crippen LogP contribution in [-0.4, -0.2) is 38.3 Å². The van der Waals surface area contributed by atoms with Crippen molar-refractivity contribution in [2.24, 2.45) is 0 Å². The van der Waals surface area contributed by atoms with E-state index < -0.39 is 10.0 Å². The summed E-state index contributed by atoms with van der Waals surface area (Å²) < 4.78 is 32.5. The van der Waals surface area contributed by atoms with E-state index in [1.165, 1.54) is 12.1 Å². The first kappa shape index (κ1) is 20.4. The van der Waals surface area contributed by atoms with Crippen molar-refractivity contribution in [3.8, 4) is 5.75 Å². The van der Waals surface area contributed by atoms with Crippen LogP contribution in [0.4, 0.5) is 0 Å². The summed E-state index contributed by atoms with van der Waals surface area (Å²) in [6.45, 7) is 1.46. The number of amides is 1. The Kier molecular flexibility index (Phi) is 7.06. The summed E-state index contributed by atoms with van der Waals surface area (Å²) in [4.78, 5) is 12.2. The number of ether oxygens (including phenoxy) is 1. The van der Waals surface area contributed by atoms with Crippen LogP contribution >= 0.6 is 0 Å². The van der Waals surface area contributed by atoms with Crippen molar-refractivity contribution in [1.82, 2.24) is 9.62 Å². The number of carbonyl (C=O) groups is 1. The molecule has 0 unspecified atom stereocenters. The van der Waals surface area contributed by atoms with Gasteiger partial charge in [0.15, 0.2) is 6.61 Å². The molecule has 6 nitrogen and oxygen atoms in total. The zero-order valence-corrected chi connectivity index (χ0v) is 16.7. The first-order chi connectivity index (χ1) is 13.6. The highest BCUT2D eigenvalue weighted by atomic mass is 32.2. The van der Waals surface area contributed by atoms with Crippen LogP contribution in [0.25, 0.3) is 0 Å². The van der Waals surface area contributed by atoms with Crippen molar-refractivity contribution in [1.29, 1.82) is 0 Å². The molecule has 0 radical (unpaired) electrons. The van der Waals surface area contributed by atoms with Gasteiger partial charge in [-0.1, -0.05) is 43.2 Å². The molecular weight excluding hydrogens is 376 g/mol. The molecule has 1 heterocycles. The minimum absolute atomic E-state index is 0.120. The van der Waals surface area contributed by atoms with E-state index in [9.17, 15) is 13.2 Å². The second kappa shape index (κ2) is 9.71. The van der Waals surface area contributed by atoms with E-state index in [0.29, 0.717) is 25.4 Å². The first-order valence-electron chi connectivity index (χ1n) is 9.59. The lowest BCUT2D eigenvalue weighted by molar-refractivity contribution is -0.123. The fourth-order valence-electron chi connectivity index (χ4n) is 3.14. The molecule has 150 valence electrons. The van der Waals surface area contributed by atoms with E-state index >= 15 is 0 Å². The number of sulfonamides is 1. The standard InChI is InChI=1S/C21H26N2O4S/c24-21(22-16-18-8-4-3-5-9-18)17-27-19-10-12-20(13-11-19)28(25,26)23-14-6-1-2-7-15-23/h3-5,8-13H,1-2,6-7,14-17H2,(H,22,24). The highest BCUT2D eigenvalue weighted by Gasteiger charge is 2.24. The molecule has 1 aliphatic heterocycles. The molecule has 1 aliphatic rings. The third-order valence-electron chi connectivity index (χ3n) is 4.73. The fourth-order valence-corrected chi connectivity index (χ4v) is 4.65. The van der Waals surface area contributed by atoms with Crippen molar-refractivity contribution in [2.75, 3.05) is 19.7 Å². The number of nitrogens with zero attached hydrogens (tertiary/aromatic N) is 1. The summed E-state index contributed by atoms with van der Waals surface area (Å²) in [5.41, 5.74) is 1.01. The molecule has 1 fully saturated rings. The Balaban J connectivity index is 1.51. The van der Waals surface area contributed by atoms with Crippen LogP contribution in [0.5, 0.6) is 5.75 Å². The number of carbonyl (C=O) groups excluding carboxylic acids is 1. The molecule has 0 spiro atoms. The zero-order valence-electron chi connectivity index (χ0n) is 15.8. The van der Waals surface area contributed by atoms with E-state index in [0.717, 1.165) is 31.2 Å². The smallest absolute Gasteiger partial charge is 0.258 e. The van der Waals surface area contributed by atoms with Gasteiger partial charge in [0.1, 0.15) is 5.75 Å². The summed E-state index contributed by atoms with van der Waals surface area (Å²) >= 11 is 0. The Morgan fingerprint density at radius 2 is 1.57 bits per heavy atom. The Hall–Kier alpha value is -2.38. The summed E-state index contributed by atoms with van der Waals surface area (Å²) in [5.74, 6) is 0.231. The van der Waals surface area contributed by atoms with E-state index in [1.54, 1.807) is 16.4 Å². The van der Waals surface area contributed by atoms with Crippen LogP contribution in [0.3, 0.4) is 0 Å². The number of nitrogens with one attached hydrogen (secondary N) is 1. The molecule has 0 aromatic heterocycles. The molecule has 1 amide bonds. The maximum atomic E-state index is 12.8. The first-order valence-corrected chi connectivity index (χ1v) is 11.0. The van der Waals surface area contributed by atoms with Gasteiger partial charge in [-0.15, -0.1) is 0 Å². The van der Waals surface area contributed by atoms with Crippen molar-refractivity contribution in [2.45, 2.75) is 37.1 Å². The highest BCUT2D eigenvalue weighted by Crippen LogP contribution is 2.22. The number of hydrogen-bond acceptors (Lipinski definition) is 4. The molecule has 0 aliphatic carbocycles. The predicted octanol–water partition coefficient (Wildman–Crippen LogP) is 2.95. The Morgan fingerprint density at radius 1 is 0.929 bits per heavy atom. The summed E-state index contributed by atoms with van der Waals surface area (Å²) in [7, 11) is -3.47. The van der Waals surface area contributed by atoms with Crippen LogP contribution < -0.4 is 10.1 Å². The maximum absolute atomic E-state index is 12.8. The van der Waals surface area contributed by atoms with Crippen molar-refractivity contribution in [3.63, 3.8) is 0 Å². The van der Waals surface area contributed by atoms with E-state index in [4.69, 9.17) is 4.74 Å². The molecule has 0 bridgehead atoms. The molecule has 28 heavy (non-hydrogen) atoms. The zero-order chi connectivity index (χ0) is 19.8. The lowest BCUT2D eigenvalue weighted by Crippen LogP contribution is -2.31. The van der Waals surface area contributed by atoms with Crippen LogP contribution in [0.15, 0.2) is 59.5 Å². The van der Waals surface area contributed by atoms with Crippen molar-refractivity contribution >= 4 is 15.9 Å². The van der Waals surface area contributed by atoms with Crippen molar-refractivity contribution in [3.05, 3.63) is 60.2 Å². The third kappa shape index (κ3) is 5.56. The quantitative estimate of drug-likeness (QED) is 0.773. The summed E-state index contributed by atoms with van der Waals surface area (Å²) in [6.07, 6.45) is 3.95. The number of rotatable bonds is 7. The molecule has 1 N–H and O–H groups in total. The molecule has 1 saturated heterocycles. The average molecular weight is 403 g/mol. The van der Waals surface area contributed by atoms with Gasteiger partial charge in [-0.2, -0.15) is 4.31 Å². The molecule has 0 saturated carbocycles. The van der Waals surface area contributed by atoms with Crippen LogP contribution in [-0.2, 0) is 21.4 Å². The summed E-state index contributed by atoms with van der Waals surface area (Å²) in [5, 5.41) is 2.79. The number of hydrogen-bond donors (Lipinski definition) is 1. The predicted molar refractivity (Wildman–Crippen MR) is 107 cm³/mol. The van der Waals surface area contributed by atoms with E-state index in [-0.39, 0.29) is 17.4 Å². The van der Waals surface area contributed by atoms with Gasteiger partial charge in [-0.3, -0.25) is 4.79 Å². The lowest BCUT2D eigenvalue weighted by atomic mass is 10.2. The van der Waals surface area contributed by atoms with Crippen LogP contribution in [0.2, 0.25) is 0 Å². The van der Waals surface area contributed by atoms with Crippen LogP contribution in [0, 0.1) is 0 Å². The van der Waals surface area contributed by atoms with E-state index in [1.807, 2.05) is 30.3 Å². The Labute approximate surface area is 166 Å². The molecule has 0 atom stereocenters. The van der Waals surface area contributed by atoms with Crippen molar-refractivity contribution < 1.29 is 17.9 Å². The Bertz CT molecular complexity index is 859. The van der Waals surface area contributed by atoms with Gasteiger partial charge in [0.05, 0.1) is 4.90 Å². The van der Waals surface area contributed by atoms with Gasteiger partial charge >= 0.3 is 0 Å². The fraction of sp³-hybridized carbons (Fsp3) is 0.381. The normalized spacial score (nSPS) is 15.6. The minimum Gasteiger partial charge on any atom is -0.484 e. The second-order valence-corrected chi connectivity index (χ2v) is 8.78. The molecule has 3 rings (SSSR count). The SMILES string of the molecule is O=C(COc1ccc(S(=O)(=O)N2CCCCCC2)cc1)NCc1ccccc1. The van der Waals surface area contributed by atoms with Gasteiger partial charge in [0.25, 0.3) is 5.91 Å². The molecule has 2 aromatic carbocycles. The van der Waals surface area contributed by atoms with E-state index in [2.05, 4.69) is 5.32 Å². The molecular formula is C21H26N2O4S. The van der Waals surface area contributed by atoms with Gasteiger partial charge < -0.3 is 10.1 Å². The Morgan fingerprint density at radius 3 is 2.21 bits per heavy atom. The molecule has 7 heteroatoms. The van der Waals surface area contributed by atoms with Gasteiger partial charge in [-0.05, 0) is 42.7 Å². The third-order valence-corrected chi connectivity index (χ3v) is 6.64. The highest BCUT2D eigenvalue weighted by molar-refractivity contribution is 7.89. The van der Waals surface area contributed by atoms with Crippen LogP contribution in [0.1, 0.15) is 31.2 Å². The monoisotopic (exact) mass is 402 g/mol. The largest absolute Gasteiger partial charge is 0.484 e. The average Bonchev–Trinajstić information content (AvgIpc) is 3.02. The minimum atomic E-state index is -3.47.